The van der Waals surface area contributed by atoms with Crippen molar-refractivity contribution >= 4 is 17.5 Å². The predicted molar refractivity (Wildman–Crippen MR) is 90.1 cm³/mol. The lowest BCUT2D eigenvalue weighted by molar-refractivity contribution is 0.0953. The number of ether oxygens (including phenoxy) is 1. The van der Waals surface area contributed by atoms with Crippen LogP contribution in [0.4, 0.5) is 0 Å². The van der Waals surface area contributed by atoms with Crippen molar-refractivity contribution in [3.8, 4) is 5.75 Å². The molecule has 3 N–H and O–H groups in total. The molecular weight excluding hydrogens is 316 g/mol. The van der Waals surface area contributed by atoms with Crippen molar-refractivity contribution < 1.29 is 13.9 Å². The zero-order valence-corrected chi connectivity index (χ0v) is 13.9. The molecule has 0 aliphatic carbocycles. The second-order valence-electron chi connectivity index (χ2n) is 5.15. The van der Waals surface area contributed by atoms with Crippen molar-refractivity contribution in [2.24, 2.45) is 5.73 Å². The number of nitrogens with two attached hydrogens (primary N) is 1. The fourth-order valence-corrected chi connectivity index (χ4v) is 2.28. The Labute approximate surface area is 140 Å². The lowest BCUT2D eigenvalue weighted by Crippen LogP contribution is -2.25. The summed E-state index contributed by atoms with van der Waals surface area (Å²) in [6.07, 6.45) is 1.40. The number of carbonyl (C=O) groups is 1. The van der Waals surface area contributed by atoms with E-state index in [0.717, 1.165) is 17.9 Å². The van der Waals surface area contributed by atoms with Crippen LogP contribution < -0.4 is 15.8 Å². The van der Waals surface area contributed by atoms with E-state index in [1.165, 1.54) is 0 Å². The van der Waals surface area contributed by atoms with E-state index in [-0.39, 0.29) is 5.91 Å². The Morgan fingerprint density at radius 1 is 1.35 bits per heavy atom. The predicted octanol–water partition coefficient (Wildman–Crippen LogP) is 2.94. The van der Waals surface area contributed by atoms with Gasteiger partial charge in [0.2, 0.25) is 0 Å². The molecule has 2 rings (SSSR count). The smallest absolute Gasteiger partial charge is 0.251 e. The van der Waals surface area contributed by atoms with Gasteiger partial charge in [-0.25, -0.2) is 0 Å². The largest absolute Gasteiger partial charge is 0.492 e. The highest BCUT2D eigenvalue weighted by Crippen LogP contribution is 2.25. The summed E-state index contributed by atoms with van der Waals surface area (Å²) in [4.78, 5) is 12.1. The number of rotatable bonds is 8. The Bertz CT molecular complexity index is 655. The van der Waals surface area contributed by atoms with Gasteiger partial charge in [-0.1, -0.05) is 11.6 Å². The van der Waals surface area contributed by atoms with Crippen LogP contribution in [0.15, 0.2) is 34.7 Å². The molecular formula is C17H21ClN2O3. The molecule has 0 saturated carbocycles. The zero-order chi connectivity index (χ0) is 16.7. The van der Waals surface area contributed by atoms with Crippen molar-refractivity contribution in [2.75, 3.05) is 19.7 Å². The van der Waals surface area contributed by atoms with Crippen molar-refractivity contribution in [1.29, 1.82) is 0 Å². The third kappa shape index (κ3) is 5.30. The molecule has 23 heavy (non-hydrogen) atoms. The van der Waals surface area contributed by atoms with Gasteiger partial charge in [-0.15, -0.1) is 0 Å². The first-order valence-electron chi connectivity index (χ1n) is 7.56. The third-order valence-electron chi connectivity index (χ3n) is 3.25. The molecule has 5 nitrogen and oxygen atoms in total. The van der Waals surface area contributed by atoms with Crippen molar-refractivity contribution in [3.05, 3.63) is 52.4 Å². The van der Waals surface area contributed by atoms with Gasteiger partial charge in [0.15, 0.2) is 0 Å². The van der Waals surface area contributed by atoms with E-state index in [9.17, 15) is 4.79 Å². The van der Waals surface area contributed by atoms with E-state index in [0.29, 0.717) is 42.5 Å². The summed E-state index contributed by atoms with van der Waals surface area (Å²) in [5, 5.41) is 3.25. The standard InChI is InChI=1S/C17H21ClN2O3/c1-12-3-5-14(23-12)7-9-20-17(21)13-4-6-16(15(18)11-13)22-10-2-8-19/h3-6,11H,2,7-10,19H2,1H3,(H,20,21). The van der Waals surface area contributed by atoms with Crippen LogP contribution in [0.1, 0.15) is 28.3 Å². The second kappa shape index (κ2) is 8.60. The van der Waals surface area contributed by atoms with Crippen molar-refractivity contribution in [2.45, 2.75) is 19.8 Å². The molecule has 0 saturated heterocycles. The first-order valence-corrected chi connectivity index (χ1v) is 7.94. The molecule has 0 aliphatic rings. The summed E-state index contributed by atoms with van der Waals surface area (Å²) in [6, 6.07) is 8.80. The van der Waals surface area contributed by atoms with E-state index in [1.807, 2.05) is 19.1 Å². The molecule has 0 unspecified atom stereocenters. The van der Waals surface area contributed by atoms with Crippen molar-refractivity contribution in [3.63, 3.8) is 0 Å². The Hall–Kier alpha value is -1.98. The Morgan fingerprint density at radius 3 is 2.83 bits per heavy atom. The van der Waals surface area contributed by atoms with Crippen LogP contribution in [0.25, 0.3) is 0 Å². The van der Waals surface area contributed by atoms with Crippen LogP contribution in [0.5, 0.6) is 5.75 Å². The number of carbonyl (C=O) groups excluding carboxylic acids is 1. The first kappa shape index (κ1) is 17.4. The molecule has 1 aromatic heterocycles. The van der Waals surface area contributed by atoms with Gasteiger partial charge >= 0.3 is 0 Å². The van der Waals surface area contributed by atoms with E-state index in [4.69, 9.17) is 26.5 Å². The minimum absolute atomic E-state index is 0.177. The minimum Gasteiger partial charge on any atom is -0.492 e. The molecule has 0 bridgehead atoms. The highest BCUT2D eigenvalue weighted by atomic mass is 35.5. The highest BCUT2D eigenvalue weighted by molar-refractivity contribution is 6.32. The van der Waals surface area contributed by atoms with Crippen molar-refractivity contribution in [1.82, 2.24) is 5.32 Å². The first-order chi connectivity index (χ1) is 11.1. The monoisotopic (exact) mass is 336 g/mol. The molecule has 0 atom stereocenters. The summed E-state index contributed by atoms with van der Waals surface area (Å²) < 4.78 is 11.0. The fraction of sp³-hybridized carbons (Fsp3) is 0.353. The zero-order valence-electron chi connectivity index (χ0n) is 13.1. The van der Waals surface area contributed by atoms with E-state index >= 15 is 0 Å². The molecule has 1 amide bonds. The van der Waals surface area contributed by atoms with Crippen LogP contribution in [0.2, 0.25) is 5.02 Å². The SMILES string of the molecule is Cc1ccc(CCNC(=O)c2ccc(OCCCN)c(Cl)c2)o1. The topological polar surface area (TPSA) is 77.5 Å². The van der Waals surface area contributed by atoms with E-state index in [1.54, 1.807) is 18.2 Å². The summed E-state index contributed by atoms with van der Waals surface area (Å²) in [7, 11) is 0. The molecule has 0 fully saturated rings. The van der Waals surface area contributed by atoms with Gasteiger partial charge in [0.25, 0.3) is 5.91 Å². The molecule has 0 spiro atoms. The fourth-order valence-electron chi connectivity index (χ4n) is 2.05. The lowest BCUT2D eigenvalue weighted by Gasteiger charge is -2.09. The van der Waals surface area contributed by atoms with E-state index < -0.39 is 0 Å². The quantitative estimate of drug-likeness (QED) is 0.726. The number of benzene rings is 1. The maximum atomic E-state index is 12.1. The van der Waals surface area contributed by atoms with Crippen LogP contribution in [0.3, 0.4) is 0 Å². The Morgan fingerprint density at radius 2 is 2.17 bits per heavy atom. The molecule has 2 aromatic rings. The summed E-state index contributed by atoms with van der Waals surface area (Å²) in [5.74, 6) is 2.10. The maximum absolute atomic E-state index is 12.1. The van der Waals surface area contributed by atoms with Crippen LogP contribution >= 0.6 is 11.6 Å². The third-order valence-corrected chi connectivity index (χ3v) is 3.55. The molecule has 0 aliphatic heterocycles. The number of furan rings is 1. The van der Waals surface area contributed by atoms with Gasteiger partial charge in [-0.3, -0.25) is 4.79 Å². The Kier molecular flexibility index (Phi) is 6.50. The lowest BCUT2D eigenvalue weighted by atomic mass is 10.2. The van der Waals surface area contributed by atoms with E-state index in [2.05, 4.69) is 5.32 Å². The van der Waals surface area contributed by atoms with Crippen LogP contribution in [0, 0.1) is 6.92 Å². The molecule has 1 heterocycles. The molecule has 124 valence electrons. The number of halogens is 1. The van der Waals surface area contributed by atoms with Gasteiger partial charge in [-0.2, -0.15) is 0 Å². The second-order valence-corrected chi connectivity index (χ2v) is 5.56. The number of nitrogens with one attached hydrogen (secondary N) is 1. The van der Waals surface area contributed by atoms with Gasteiger partial charge in [-0.05, 0) is 50.2 Å². The van der Waals surface area contributed by atoms with Crippen LogP contribution in [-0.2, 0) is 6.42 Å². The number of hydrogen-bond donors (Lipinski definition) is 2. The average Bonchev–Trinajstić information content (AvgIpc) is 2.94. The average molecular weight is 337 g/mol. The number of aryl methyl sites for hydroxylation is 1. The van der Waals surface area contributed by atoms with Gasteiger partial charge in [0.1, 0.15) is 17.3 Å². The van der Waals surface area contributed by atoms with Gasteiger partial charge < -0.3 is 20.2 Å². The molecule has 0 radical (unpaired) electrons. The number of amides is 1. The Balaban J connectivity index is 1.85. The summed E-state index contributed by atoms with van der Waals surface area (Å²) in [6.45, 7) is 3.46. The maximum Gasteiger partial charge on any atom is 0.251 e. The minimum atomic E-state index is -0.177. The van der Waals surface area contributed by atoms with Crippen LogP contribution in [-0.4, -0.2) is 25.6 Å². The number of hydrogen-bond acceptors (Lipinski definition) is 4. The normalized spacial score (nSPS) is 10.6. The molecule has 6 heteroatoms. The van der Waals surface area contributed by atoms with Gasteiger partial charge in [0.05, 0.1) is 11.6 Å². The highest BCUT2D eigenvalue weighted by Gasteiger charge is 2.09. The van der Waals surface area contributed by atoms with Gasteiger partial charge in [0, 0.05) is 18.5 Å². The summed E-state index contributed by atoms with van der Waals surface area (Å²) in [5.41, 5.74) is 5.91. The summed E-state index contributed by atoms with van der Waals surface area (Å²) >= 11 is 6.13. The molecule has 1 aromatic carbocycles.